The molecule has 5 N–H and O–H groups in total. The standard InChI is InChI=1S/C13H12O5.2C2H6/c1-6-4-2-3-5-7(6)8-9(14)11(16)13(18)12(17)10(8)15;2*1-2/h2-5,14-18H,1H3;2*1-2H3. The van der Waals surface area contributed by atoms with E-state index in [0.29, 0.717) is 5.56 Å². The summed E-state index contributed by atoms with van der Waals surface area (Å²) in [5.41, 5.74) is 1.05. The van der Waals surface area contributed by atoms with Crippen LogP contribution in [0.15, 0.2) is 24.3 Å². The molecule has 0 saturated carbocycles. The molecule has 122 valence electrons. The molecule has 5 nitrogen and oxygen atoms in total. The van der Waals surface area contributed by atoms with Crippen LogP contribution in [0.2, 0.25) is 0 Å². The fourth-order valence-corrected chi connectivity index (χ4v) is 1.79. The molecule has 22 heavy (non-hydrogen) atoms. The van der Waals surface area contributed by atoms with E-state index in [1.54, 1.807) is 31.2 Å². The Kier molecular flexibility index (Phi) is 7.66. The van der Waals surface area contributed by atoms with Crippen molar-refractivity contribution in [3.05, 3.63) is 29.8 Å². The molecule has 0 fully saturated rings. The Hall–Kier alpha value is -2.56. The number of hydrogen-bond donors (Lipinski definition) is 5. The zero-order valence-corrected chi connectivity index (χ0v) is 13.5. The van der Waals surface area contributed by atoms with E-state index < -0.39 is 28.7 Å². The van der Waals surface area contributed by atoms with Gasteiger partial charge in [-0.25, -0.2) is 0 Å². The van der Waals surface area contributed by atoms with Crippen molar-refractivity contribution in [1.29, 1.82) is 0 Å². The van der Waals surface area contributed by atoms with Crippen molar-refractivity contribution in [3.63, 3.8) is 0 Å². The second-order valence-corrected chi connectivity index (χ2v) is 3.93. The quantitative estimate of drug-likeness (QED) is 0.400. The maximum atomic E-state index is 9.78. The van der Waals surface area contributed by atoms with Crippen LogP contribution in [0.4, 0.5) is 0 Å². The number of benzene rings is 2. The Morgan fingerprint density at radius 2 is 0.955 bits per heavy atom. The summed E-state index contributed by atoms with van der Waals surface area (Å²) in [6.07, 6.45) is 0. The highest BCUT2D eigenvalue weighted by Gasteiger charge is 2.24. The molecular weight excluding hydrogens is 284 g/mol. The molecule has 0 saturated heterocycles. The predicted octanol–water partition coefficient (Wildman–Crippen LogP) is 4.24. The van der Waals surface area contributed by atoms with Crippen LogP contribution in [0.25, 0.3) is 11.1 Å². The average Bonchev–Trinajstić information content (AvgIpc) is 2.57. The molecule has 5 heteroatoms. The molecule has 0 aliphatic rings. The molecule has 0 aromatic heterocycles. The van der Waals surface area contributed by atoms with Gasteiger partial charge in [0.1, 0.15) is 0 Å². The molecule has 2 rings (SSSR count). The van der Waals surface area contributed by atoms with Crippen molar-refractivity contribution >= 4 is 0 Å². The lowest BCUT2D eigenvalue weighted by Crippen LogP contribution is -1.87. The Bertz CT molecular complexity index is 592. The fraction of sp³-hybridized carbons (Fsp3) is 0.294. The molecular formula is C17H24O5. The summed E-state index contributed by atoms with van der Waals surface area (Å²) in [6, 6.07) is 6.81. The van der Waals surface area contributed by atoms with Gasteiger partial charge in [0.15, 0.2) is 11.5 Å². The highest BCUT2D eigenvalue weighted by atomic mass is 16.4. The SMILES string of the molecule is CC.CC.Cc1ccccc1-c1c(O)c(O)c(O)c(O)c1O. The number of aromatic hydroxyl groups is 5. The Morgan fingerprint density at radius 1 is 0.591 bits per heavy atom. The highest BCUT2D eigenvalue weighted by Crippen LogP contribution is 2.54. The van der Waals surface area contributed by atoms with E-state index in [-0.39, 0.29) is 5.56 Å². The van der Waals surface area contributed by atoms with Crippen LogP contribution >= 0.6 is 0 Å². The topological polar surface area (TPSA) is 101 Å². The summed E-state index contributed by atoms with van der Waals surface area (Å²) >= 11 is 0. The van der Waals surface area contributed by atoms with Gasteiger partial charge in [0, 0.05) is 0 Å². The summed E-state index contributed by atoms with van der Waals surface area (Å²) in [5, 5.41) is 47.8. The minimum Gasteiger partial charge on any atom is -0.504 e. The Balaban J connectivity index is 0.00000102. The zero-order chi connectivity index (χ0) is 17.4. The van der Waals surface area contributed by atoms with Crippen LogP contribution in [-0.4, -0.2) is 25.5 Å². The van der Waals surface area contributed by atoms with Crippen molar-refractivity contribution in [2.45, 2.75) is 34.6 Å². The summed E-state index contributed by atoms with van der Waals surface area (Å²) in [7, 11) is 0. The molecule has 0 amide bonds. The van der Waals surface area contributed by atoms with Crippen molar-refractivity contribution < 1.29 is 25.5 Å². The van der Waals surface area contributed by atoms with Crippen molar-refractivity contribution in [1.82, 2.24) is 0 Å². The second kappa shape index (κ2) is 8.67. The van der Waals surface area contributed by atoms with Gasteiger partial charge >= 0.3 is 0 Å². The molecule has 0 heterocycles. The maximum absolute atomic E-state index is 9.78. The first-order valence-electron chi connectivity index (χ1n) is 7.20. The fourth-order valence-electron chi connectivity index (χ4n) is 1.79. The number of hydrogen-bond acceptors (Lipinski definition) is 5. The van der Waals surface area contributed by atoms with E-state index in [9.17, 15) is 25.5 Å². The lowest BCUT2D eigenvalue weighted by molar-refractivity contribution is 0.330. The van der Waals surface area contributed by atoms with Crippen LogP contribution < -0.4 is 0 Å². The number of phenolic OH excluding ortho intramolecular Hbond substituents is 5. The molecule has 0 atom stereocenters. The predicted molar refractivity (Wildman–Crippen MR) is 87.6 cm³/mol. The van der Waals surface area contributed by atoms with Gasteiger partial charge in [-0.3, -0.25) is 0 Å². The molecule has 0 bridgehead atoms. The largest absolute Gasteiger partial charge is 0.504 e. The van der Waals surface area contributed by atoms with E-state index in [2.05, 4.69) is 0 Å². The first kappa shape index (κ1) is 19.4. The van der Waals surface area contributed by atoms with Gasteiger partial charge in [-0.2, -0.15) is 0 Å². The van der Waals surface area contributed by atoms with Gasteiger partial charge in [-0.05, 0) is 18.1 Å². The van der Waals surface area contributed by atoms with Crippen LogP contribution in [0.5, 0.6) is 28.7 Å². The Morgan fingerprint density at radius 3 is 1.36 bits per heavy atom. The molecule has 0 aliphatic carbocycles. The number of rotatable bonds is 1. The van der Waals surface area contributed by atoms with E-state index in [1.165, 1.54) is 0 Å². The lowest BCUT2D eigenvalue weighted by atomic mass is 9.97. The van der Waals surface area contributed by atoms with Gasteiger partial charge < -0.3 is 25.5 Å². The van der Waals surface area contributed by atoms with Gasteiger partial charge in [0.2, 0.25) is 17.2 Å². The third-order valence-electron chi connectivity index (χ3n) is 2.79. The second-order valence-electron chi connectivity index (χ2n) is 3.93. The first-order chi connectivity index (χ1) is 10.4. The average molecular weight is 308 g/mol. The normalized spacial score (nSPS) is 9.14. The minimum atomic E-state index is -0.956. The van der Waals surface area contributed by atoms with Gasteiger partial charge in [0.05, 0.1) is 5.56 Å². The first-order valence-corrected chi connectivity index (χ1v) is 7.20. The monoisotopic (exact) mass is 308 g/mol. The smallest absolute Gasteiger partial charge is 0.208 e. The van der Waals surface area contributed by atoms with E-state index >= 15 is 0 Å². The van der Waals surface area contributed by atoms with Crippen LogP contribution in [0, 0.1) is 6.92 Å². The third kappa shape index (κ3) is 3.55. The molecule has 0 spiro atoms. The summed E-state index contributed by atoms with van der Waals surface area (Å²) in [6.45, 7) is 9.75. The number of phenols is 5. The van der Waals surface area contributed by atoms with Gasteiger partial charge in [-0.15, -0.1) is 0 Å². The molecule has 0 radical (unpaired) electrons. The van der Waals surface area contributed by atoms with Crippen LogP contribution in [-0.2, 0) is 0 Å². The third-order valence-corrected chi connectivity index (χ3v) is 2.79. The van der Waals surface area contributed by atoms with Gasteiger partial charge in [-0.1, -0.05) is 52.0 Å². The Labute approximate surface area is 130 Å². The van der Waals surface area contributed by atoms with E-state index in [1.807, 2.05) is 27.7 Å². The zero-order valence-electron chi connectivity index (χ0n) is 13.5. The molecule has 0 aliphatic heterocycles. The molecule has 2 aromatic carbocycles. The molecule has 2 aromatic rings. The van der Waals surface area contributed by atoms with E-state index in [0.717, 1.165) is 5.56 Å². The summed E-state index contributed by atoms with van der Waals surface area (Å²) in [4.78, 5) is 0. The summed E-state index contributed by atoms with van der Waals surface area (Å²) in [5.74, 6) is -4.07. The maximum Gasteiger partial charge on any atom is 0.208 e. The summed E-state index contributed by atoms with van der Waals surface area (Å²) < 4.78 is 0. The van der Waals surface area contributed by atoms with Crippen LogP contribution in [0.1, 0.15) is 33.3 Å². The van der Waals surface area contributed by atoms with E-state index in [4.69, 9.17) is 0 Å². The van der Waals surface area contributed by atoms with Crippen molar-refractivity contribution in [2.75, 3.05) is 0 Å². The minimum absolute atomic E-state index is 0.124. The number of aryl methyl sites for hydroxylation is 1. The van der Waals surface area contributed by atoms with Crippen molar-refractivity contribution in [2.24, 2.45) is 0 Å². The van der Waals surface area contributed by atoms with Crippen molar-refractivity contribution in [3.8, 4) is 39.9 Å². The highest BCUT2D eigenvalue weighted by molar-refractivity contribution is 5.86. The lowest BCUT2D eigenvalue weighted by Gasteiger charge is -2.13. The molecule has 0 unspecified atom stereocenters. The van der Waals surface area contributed by atoms with Gasteiger partial charge in [0.25, 0.3) is 0 Å². The van der Waals surface area contributed by atoms with Crippen LogP contribution in [0.3, 0.4) is 0 Å².